The maximum absolute atomic E-state index is 14.4. The number of carbonyl (C=O) groups excluding carboxylic acids is 1. The van der Waals surface area contributed by atoms with Gasteiger partial charge in [0, 0.05) is 30.4 Å². The van der Waals surface area contributed by atoms with Gasteiger partial charge in [0.1, 0.15) is 17.7 Å². The summed E-state index contributed by atoms with van der Waals surface area (Å²) in [5.74, 6) is -1.44. The van der Waals surface area contributed by atoms with Crippen LogP contribution in [0.15, 0.2) is 35.1 Å². The molecule has 1 atom stereocenters. The molecule has 0 aliphatic carbocycles. The van der Waals surface area contributed by atoms with Gasteiger partial charge in [-0.1, -0.05) is 17.7 Å². The summed E-state index contributed by atoms with van der Waals surface area (Å²) in [4.78, 5) is 18.4. The standard InChI is InChI=1S/C24H25ClF2N4O3/c1-12(18-16(26)4-5-17(27)19(18)25)34-21-20-14(10-30-22(21)28)15(11-33-20)13-6-8-31(9-7-13)23(32)24(2,3)29/h4-6,10-12H,7-9,29H2,1-3H3,(H2,28,30)/t12-/m1/s1. The molecule has 1 aromatic carbocycles. The van der Waals surface area contributed by atoms with Crippen LogP contribution in [-0.2, 0) is 4.79 Å². The van der Waals surface area contributed by atoms with Gasteiger partial charge in [0.25, 0.3) is 0 Å². The lowest BCUT2D eigenvalue weighted by Crippen LogP contribution is -2.52. The summed E-state index contributed by atoms with van der Waals surface area (Å²) in [6, 6.07) is 1.93. The van der Waals surface area contributed by atoms with Crippen LogP contribution in [0.25, 0.3) is 16.5 Å². The minimum absolute atomic E-state index is 0.0350. The number of anilines is 1. The highest BCUT2D eigenvalue weighted by Crippen LogP contribution is 2.40. The molecule has 3 heterocycles. The Labute approximate surface area is 200 Å². The minimum atomic E-state index is -0.973. The molecule has 0 saturated carbocycles. The van der Waals surface area contributed by atoms with Crippen molar-refractivity contribution in [2.45, 2.75) is 38.8 Å². The molecule has 180 valence electrons. The van der Waals surface area contributed by atoms with E-state index >= 15 is 0 Å². The molecule has 1 aliphatic rings. The Bertz CT molecular complexity index is 1300. The Morgan fingerprint density at radius 3 is 2.68 bits per heavy atom. The predicted octanol–water partition coefficient (Wildman–Crippen LogP) is 4.83. The summed E-state index contributed by atoms with van der Waals surface area (Å²) in [7, 11) is 0. The van der Waals surface area contributed by atoms with E-state index in [1.54, 1.807) is 31.2 Å². The number of nitrogens with zero attached hydrogens (tertiary/aromatic N) is 2. The maximum Gasteiger partial charge on any atom is 0.242 e. The first-order chi connectivity index (χ1) is 16.0. The first-order valence-electron chi connectivity index (χ1n) is 10.7. The zero-order chi connectivity index (χ0) is 24.8. The van der Waals surface area contributed by atoms with Crippen molar-refractivity contribution in [3.8, 4) is 5.75 Å². The van der Waals surface area contributed by atoms with Crippen LogP contribution in [0, 0.1) is 11.6 Å². The van der Waals surface area contributed by atoms with E-state index in [2.05, 4.69) is 4.98 Å². The van der Waals surface area contributed by atoms with Crippen molar-refractivity contribution >= 4 is 39.9 Å². The molecule has 1 amide bonds. The molecule has 0 saturated heterocycles. The number of furan rings is 1. The van der Waals surface area contributed by atoms with Gasteiger partial charge in [-0.2, -0.15) is 0 Å². The quantitative estimate of drug-likeness (QED) is 0.496. The molecule has 34 heavy (non-hydrogen) atoms. The van der Waals surface area contributed by atoms with E-state index < -0.39 is 23.3 Å². The smallest absolute Gasteiger partial charge is 0.242 e. The topological polar surface area (TPSA) is 108 Å². The number of amides is 1. The number of carbonyl (C=O) groups is 1. The molecule has 10 heteroatoms. The van der Waals surface area contributed by atoms with Gasteiger partial charge in [0.05, 0.1) is 22.2 Å². The Hall–Kier alpha value is -3.17. The van der Waals surface area contributed by atoms with Crippen LogP contribution < -0.4 is 16.2 Å². The van der Waals surface area contributed by atoms with Crippen molar-refractivity contribution in [2.75, 3.05) is 18.8 Å². The molecule has 4 N–H and O–H groups in total. The number of aromatic nitrogens is 1. The third kappa shape index (κ3) is 4.33. The Balaban J connectivity index is 1.65. The SMILES string of the molecule is C[C@@H](Oc1c(N)ncc2c(C3=CCN(C(=O)C(C)(C)N)CC3)coc12)c1c(F)ccc(F)c1Cl. The van der Waals surface area contributed by atoms with Crippen LogP contribution in [0.4, 0.5) is 14.6 Å². The van der Waals surface area contributed by atoms with E-state index in [9.17, 15) is 13.6 Å². The van der Waals surface area contributed by atoms with Crippen molar-refractivity contribution in [1.29, 1.82) is 0 Å². The number of ether oxygens (including phenoxy) is 1. The highest BCUT2D eigenvalue weighted by atomic mass is 35.5. The zero-order valence-corrected chi connectivity index (χ0v) is 19.7. The minimum Gasteiger partial charge on any atom is -0.478 e. The Morgan fingerprint density at radius 1 is 1.32 bits per heavy atom. The molecular weight excluding hydrogens is 466 g/mol. The van der Waals surface area contributed by atoms with Gasteiger partial charge in [0.2, 0.25) is 11.7 Å². The molecule has 0 spiro atoms. The average molecular weight is 491 g/mol. The highest BCUT2D eigenvalue weighted by Gasteiger charge is 2.30. The van der Waals surface area contributed by atoms with Gasteiger partial charge >= 0.3 is 0 Å². The third-order valence-electron chi connectivity index (χ3n) is 5.78. The molecule has 0 fully saturated rings. The van der Waals surface area contributed by atoms with Crippen molar-refractivity contribution < 1.29 is 22.7 Å². The van der Waals surface area contributed by atoms with Gasteiger partial charge in [-0.3, -0.25) is 4.79 Å². The second-order valence-electron chi connectivity index (χ2n) is 8.83. The van der Waals surface area contributed by atoms with E-state index in [4.69, 9.17) is 32.2 Å². The van der Waals surface area contributed by atoms with Crippen LogP contribution in [0.2, 0.25) is 5.02 Å². The lowest BCUT2D eigenvalue weighted by atomic mass is 9.97. The fourth-order valence-corrected chi connectivity index (χ4v) is 4.31. The molecular formula is C24H25ClF2N4O3. The summed E-state index contributed by atoms with van der Waals surface area (Å²) in [5, 5.41) is 0.283. The van der Waals surface area contributed by atoms with Crippen molar-refractivity contribution in [3.05, 3.63) is 58.5 Å². The number of halogens is 3. The monoisotopic (exact) mass is 490 g/mol. The molecule has 4 rings (SSSR count). The van der Waals surface area contributed by atoms with Crippen LogP contribution >= 0.6 is 11.6 Å². The number of nitrogen functional groups attached to an aromatic ring is 1. The van der Waals surface area contributed by atoms with Crippen molar-refractivity contribution in [1.82, 2.24) is 9.88 Å². The Kier molecular flexibility index (Phi) is 6.26. The van der Waals surface area contributed by atoms with E-state index in [0.717, 1.165) is 23.3 Å². The van der Waals surface area contributed by atoms with Crippen LogP contribution in [0.5, 0.6) is 5.75 Å². The van der Waals surface area contributed by atoms with E-state index in [0.29, 0.717) is 30.5 Å². The van der Waals surface area contributed by atoms with Gasteiger partial charge in [0.15, 0.2) is 11.4 Å². The molecule has 2 aromatic heterocycles. The molecule has 7 nitrogen and oxygen atoms in total. The van der Waals surface area contributed by atoms with Crippen LogP contribution in [0.3, 0.4) is 0 Å². The average Bonchev–Trinajstić information content (AvgIpc) is 3.22. The fourth-order valence-electron chi connectivity index (χ4n) is 4.00. The van der Waals surface area contributed by atoms with E-state index in [-0.39, 0.29) is 28.1 Å². The summed E-state index contributed by atoms with van der Waals surface area (Å²) in [6.45, 7) is 5.82. The molecule has 0 bridgehead atoms. The second kappa shape index (κ2) is 8.88. The largest absolute Gasteiger partial charge is 0.478 e. The van der Waals surface area contributed by atoms with Gasteiger partial charge in [-0.25, -0.2) is 13.8 Å². The highest BCUT2D eigenvalue weighted by molar-refractivity contribution is 6.31. The van der Waals surface area contributed by atoms with Crippen molar-refractivity contribution in [2.24, 2.45) is 5.73 Å². The van der Waals surface area contributed by atoms with Gasteiger partial charge in [-0.15, -0.1) is 0 Å². The van der Waals surface area contributed by atoms with Gasteiger partial charge in [-0.05, 0) is 44.9 Å². The zero-order valence-electron chi connectivity index (χ0n) is 19.0. The third-order valence-corrected chi connectivity index (χ3v) is 6.16. The predicted molar refractivity (Wildman–Crippen MR) is 126 cm³/mol. The summed E-state index contributed by atoms with van der Waals surface area (Å²) in [5.41, 5.74) is 13.0. The number of hydrogen-bond donors (Lipinski definition) is 2. The Morgan fingerprint density at radius 2 is 2.03 bits per heavy atom. The lowest BCUT2D eigenvalue weighted by Gasteiger charge is -2.31. The lowest BCUT2D eigenvalue weighted by molar-refractivity contribution is -0.135. The number of nitrogens with two attached hydrogens (primary N) is 2. The maximum atomic E-state index is 14.4. The number of fused-ring (bicyclic) bond motifs is 1. The molecule has 1 aliphatic heterocycles. The summed E-state index contributed by atoms with van der Waals surface area (Å²) in [6.07, 6.45) is 4.70. The molecule has 0 unspecified atom stereocenters. The van der Waals surface area contributed by atoms with E-state index in [1.165, 1.54) is 6.92 Å². The first kappa shape index (κ1) is 24.0. The number of benzene rings is 1. The fraction of sp³-hybridized carbons (Fsp3) is 0.333. The summed E-state index contributed by atoms with van der Waals surface area (Å²) >= 11 is 5.98. The van der Waals surface area contributed by atoms with Gasteiger partial charge < -0.3 is 25.5 Å². The first-order valence-corrected chi connectivity index (χ1v) is 11.1. The molecule has 3 aromatic rings. The van der Waals surface area contributed by atoms with Crippen LogP contribution in [0.1, 0.15) is 44.4 Å². The number of rotatable bonds is 5. The van der Waals surface area contributed by atoms with Crippen molar-refractivity contribution in [3.63, 3.8) is 0 Å². The summed E-state index contributed by atoms with van der Waals surface area (Å²) < 4.78 is 39.9. The normalized spacial score (nSPS) is 15.4. The number of hydrogen-bond acceptors (Lipinski definition) is 6. The number of pyridine rings is 1. The second-order valence-corrected chi connectivity index (χ2v) is 9.21. The van der Waals surface area contributed by atoms with E-state index in [1.807, 2.05) is 6.08 Å². The molecule has 0 radical (unpaired) electrons. The van der Waals surface area contributed by atoms with Crippen LogP contribution in [-0.4, -0.2) is 34.4 Å².